The molecule has 19 heavy (non-hydrogen) atoms. The Kier molecular flexibility index (Phi) is 5.19. The molecule has 5 heteroatoms. The minimum absolute atomic E-state index is 0.430. The Balaban J connectivity index is 2.28. The third kappa shape index (κ3) is 6.32. The minimum atomic E-state index is -0.487. The molecule has 0 spiro atoms. The van der Waals surface area contributed by atoms with E-state index in [0.29, 0.717) is 18.7 Å². The Morgan fingerprint density at radius 3 is 2.74 bits per heavy atom. The Hall–Kier alpha value is -2.22. The molecule has 0 bridgehead atoms. The summed E-state index contributed by atoms with van der Waals surface area (Å²) in [6, 6.07) is 9.25. The van der Waals surface area contributed by atoms with E-state index in [1.54, 1.807) is 12.1 Å². The molecule has 2 N–H and O–H groups in total. The second-order valence-electron chi connectivity index (χ2n) is 5.05. The first-order chi connectivity index (χ1) is 8.90. The number of hydrogen-bond acceptors (Lipinski definition) is 4. The molecular formula is C14H19N3O2. The lowest BCUT2D eigenvalue weighted by Crippen LogP contribution is -2.34. The molecule has 0 heterocycles. The quantitative estimate of drug-likeness (QED) is 0.817. The van der Waals surface area contributed by atoms with Crippen LogP contribution in [0.4, 0.5) is 10.5 Å². The van der Waals surface area contributed by atoms with Crippen LogP contribution in [0.5, 0.6) is 0 Å². The number of rotatable bonds is 4. The maximum atomic E-state index is 11.4. The van der Waals surface area contributed by atoms with Crippen molar-refractivity contribution in [2.24, 2.45) is 0 Å². The molecule has 1 aromatic carbocycles. The lowest BCUT2D eigenvalue weighted by molar-refractivity contribution is 0.0530. The zero-order valence-electron chi connectivity index (χ0n) is 11.5. The predicted octanol–water partition coefficient (Wildman–Crippen LogP) is 2.49. The van der Waals surface area contributed by atoms with Gasteiger partial charge in [0.15, 0.2) is 0 Å². The maximum absolute atomic E-state index is 11.4. The topological polar surface area (TPSA) is 74.2 Å². The molecule has 0 aromatic heterocycles. The maximum Gasteiger partial charge on any atom is 0.407 e. The van der Waals surface area contributed by atoms with Crippen molar-refractivity contribution in [2.75, 3.05) is 18.4 Å². The standard InChI is InChI=1S/C14H19N3O2/c1-14(2,3)19-13(18)17-8-7-16-12-6-4-5-11(9-12)10-15/h4-6,9,16H,7-8H2,1-3H3,(H,17,18). The third-order valence-corrected chi connectivity index (χ3v) is 2.11. The average Bonchev–Trinajstić information content (AvgIpc) is 2.33. The number of nitriles is 1. The molecule has 0 aliphatic carbocycles. The summed E-state index contributed by atoms with van der Waals surface area (Å²) < 4.78 is 5.11. The molecule has 0 saturated carbocycles. The van der Waals surface area contributed by atoms with Crippen molar-refractivity contribution in [3.8, 4) is 6.07 Å². The number of anilines is 1. The second kappa shape index (κ2) is 6.64. The first-order valence-corrected chi connectivity index (χ1v) is 6.11. The number of benzene rings is 1. The van der Waals surface area contributed by atoms with Crippen LogP contribution in [0.1, 0.15) is 26.3 Å². The van der Waals surface area contributed by atoms with E-state index in [1.165, 1.54) is 0 Å². The molecule has 0 radical (unpaired) electrons. The summed E-state index contributed by atoms with van der Waals surface area (Å²) in [5.74, 6) is 0. The van der Waals surface area contributed by atoms with Gasteiger partial charge in [0.2, 0.25) is 0 Å². The number of ether oxygens (including phenoxy) is 1. The first kappa shape index (κ1) is 14.8. The van der Waals surface area contributed by atoms with Gasteiger partial charge in [0.05, 0.1) is 11.6 Å². The molecule has 1 rings (SSSR count). The molecule has 102 valence electrons. The molecule has 1 amide bonds. The number of carbonyl (C=O) groups is 1. The van der Waals surface area contributed by atoms with Gasteiger partial charge in [0.25, 0.3) is 0 Å². The van der Waals surface area contributed by atoms with Gasteiger partial charge in [-0.15, -0.1) is 0 Å². The van der Waals surface area contributed by atoms with Crippen LogP contribution in [0.15, 0.2) is 24.3 Å². The fraction of sp³-hybridized carbons (Fsp3) is 0.429. The number of hydrogen-bond donors (Lipinski definition) is 2. The SMILES string of the molecule is CC(C)(C)OC(=O)NCCNc1cccc(C#N)c1. The van der Waals surface area contributed by atoms with E-state index in [4.69, 9.17) is 10.00 Å². The van der Waals surface area contributed by atoms with Crippen molar-refractivity contribution >= 4 is 11.8 Å². The summed E-state index contributed by atoms with van der Waals surface area (Å²) in [5, 5.41) is 14.5. The van der Waals surface area contributed by atoms with E-state index in [2.05, 4.69) is 16.7 Å². The summed E-state index contributed by atoms with van der Waals surface area (Å²) in [4.78, 5) is 11.4. The van der Waals surface area contributed by atoms with E-state index in [1.807, 2.05) is 32.9 Å². The number of nitrogens with zero attached hydrogens (tertiary/aromatic N) is 1. The summed E-state index contributed by atoms with van der Waals surface area (Å²) >= 11 is 0. The summed E-state index contributed by atoms with van der Waals surface area (Å²) in [6.07, 6.45) is -0.430. The zero-order chi connectivity index (χ0) is 14.3. The van der Waals surface area contributed by atoms with Crippen LogP contribution in [0, 0.1) is 11.3 Å². The molecule has 0 unspecified atom stereocenters. The van der Waals surface area contributed by atoms with E-state index >= 15 is 0 Å². The molecule has 0 atom stereocenters. The van der Waals surface area contributed by atoms with Crippen LogP contribution in [0.3, 0.4) is 0 Å². The van der Waals surface area contributed by atoms with Gasteiger partial charge in [-0.1, -0.05) is 6.07 Å². The molecule has 0 fully saturated rings. The minimum Gasteiger partial charge on any atom is -0.444 e. The van der Waals surface area contributed by atoms with Crippen molar-refractivity contribution in [3.05, 3.63) is 29.8 Å². The summed E-state index contributed by atoms with van der Waals surface area (Å²) in [5.41, 5.74) is 0.966. The van der Waals surface area contributed by atoms with Gasteiger partial charge in [-0.05, 0) is 39.0 Å². The predicted molar refractivity (Wildman–Crippen MR) is 73.9 cm³/mol. The van der Waals surface area contributed by atoms with Crippen LogP contribution < -0.4 is 10.6 Å². The first-order valence-electron chi connectivity index (χ1n) is 6.11. The van der Waals surface area contributed by atoms with Crippen LogP contribution in [0.2, 0.25) is 0 Å². The van der Waals surface area contributed by atoms with Crippen molar-refractivity contribution in [1.82, 2.24) is 5.32 Å². The molecule has 0 aliphatic heterocycles. The highest BCUT2D eigenvalue weighted by molar-refractivity contribution is 5.67. The largest absolute Gasteiger partial charge is 0.444 e. The van der Waals surface area contributed by atoms with Crippen LogP contribution in [-0.4, -0.2) is 24.8 Å². The smallest absolute Gasteiger partial charge is 0.407 e. The number of alkyl carbamates (subject to hydrolysis) is 1. The Bertz CT molecular complexity index is 472. The van der Waals surface area contributed by atoms with E-state index in [0.717, 1.165) is 5.69 Å². The van der Waals surface area contributed by atoms with Crippen molar-refractivity contribution in [3.63, 3.8) is 0 Å². The van der Waals surface area contributed by atoms with Gasteiger partial charge in [0.1, 0.15) is 5.60 Å². The molecular weight excluding hydrogens is 242 g/mol. The lowest BCUT2D eigenvalue weighted by atomic mass is 10.2. The average molecular weight is 261 g/mol. The van der Waals surface area contributed by atoms with E-state index in [9.17, 15) is 4.79 Å². The monoisotopic (exact) mass is 261 g/mol. The molecule has 0 aliphatic rings. The van der Waals surface area contributed by atoms with E-state index < -0.39 is 11.7 Å². The highest BCUT2D eigenvalue weighted by Crippen LogP contribution is 2.09. The van der Waals surface area contributed by atoms with Gasteiger partial charge in [-0.3, -0.25) is 0 Å². The number of nitrogens with one attached hydrogen (secondary N) is 2. The van der Waals surface area contributed by atoms with Crippen molar-refractivity contribution < 1.29 is 9.53 Å². The second-order valence-corrected chi connectivity index (χ2v) is 5.05. The van der Waals surface area contributed by atoms with Crippen LogP contribution >= 0.6 is 0 Å². The third-order valence-electron chi connectivity index (χ3n) is 2.11. The summed E-state index contributed by atoms with van der Waals surface area (Å²) in [6.45, 7) is 6.47. The van der Waals surface area contributed by atoms with Gasteiger partial charge >= 0.3 is 6.09 Å². The highest BCUT2D eigenvalue weighted by atomic mass is 16.6. The highest BCUT2D eigenvalue weighted by Gasteiger charge is 2.15. The fourth-order valence-electron chi connectivity index (χ4n) is 1.38. The molecule has 1 aromatic rings. The van der Waals surface area contributed by atoms with E-state index in [-0.39, 0.29) is 0 Å². The normalized spacial score (nSPS) is 10.4. The van der Waals surface area contributed by atoms with Crippen LogP contribution in [-0.2, 0) is 4.74 Å². The fourth-order valence-corrected chi connectivity index (χ4v) is 1.38. The zero-order valence-corrected chi connectivity index (χ0v) is 11.5. The Morgan fingerprint density at radius 2 is 2.11 bits per heavy atom. The number of carbonyl (C=O) groups excluding carboxylic acids is 1. The lowest BCUT2D eigenvalue weighted by Gasteiger charge is -2.19. The van der Waals surface area contributed by atoms with Gasteiger partial charge in [-0.25, -0.2) is 4.79 Å². The number of amides is 1. The molecule has 0 saturated heterocycles. The van der Waals surface area contributed by atoms with Gasteiger partial charge < -0.3 is 15.4 Å². The Morgan fingerprint density at radius 1 is 1.37 bits per heavy atom. The summed E-state index contributed by atoms with van der Waals surface area (Å²) in [7, 11) is 0. The van der Waals surface area contributed by atoms with Gasteiger partial charge in [0, 0.05) is 18.8 Å². The Labute approximate surface area is 113 Å². The van der Waals surface area contributed by atoms with Gasteiger partial charge in [-0.2, -0.15) is 5.26 Å². The van der Waals surface area contributed by atoms with Crippen LogP contribution in [0.25, 0.3) is 0 Å². The van der Waals surface area contributed by atoms with Crippen molar-refractivity contribution in [2.45, 2.75) is 26.4 Å². The molecule has 5 nitrogen and oxygen atoms in total. The van der Waals surface area contributed by atoms with Crippen molar-refractivity contribution in [1.29, 1.82) is 5.26 Å².